The molecule has 0 aliphatic carbocycles. The summed E-state index contributed by atoms with van der Waals surface area (Å²) >= 11 is 0. The van der Waals surface area contributed by atoms with E-state index in [1.165, 1.54) is 25.1 Å². The molecule has 0 heterocycles. The minimum Gasteiger partial charge on any atom is -0.507 e. The van der Waals surface area contributed by atoms with Gasteiger partial charge in [0.25, 0.3) is 10.1 Å². The zero-order chi connectivity index (χ0) is 20.7. The van der Waals surface area contributed by atoms with Crippen LogP contribution in [0, 0.1) is 6.92 Å². The standard InChI is InChI=1S/C21H26O6S/c1-4-6-19-20(12-11-18(16(3)22)21(19)23)26-13-5-14-27-28(24,25)17-9-7-15(2)8-10-17/h7-12,23H,4-6,13-14H2,1-3H3. The van der Waals surface area contributed by atoms with Crippen molar-refractivity contribution in [3.63, 3.8) is 0 Å². The zero-order valence-corrected chi connectivity index (χ0v) is 17.2. The number of carbonyl (C=O) groups excluding carboxylic acids is 1. The summed E-state index contributed by atoms with van der Waals surface area (Å²) in [6.45, 7) is 5.45. The number of phenolic OH excluding ortho intramolecular Hbond substituents is 1. The second-order valence-corrected chi connectivity index (χ2v) is 8.15. The molecule has 0 fully saturated rings. The van der Waals surface area contributed by atoms with Gasteiger partial charge in [-0.15, -0.1) is 0 Å². The van der Waals surface area contributed by atoms with E-state index in [1.54, 1.807) is 18.2 Å². The largest absolute Gasteiger partial charge is 0.507 e. The van der Waals surface area contributed by atoms with Crippen LogP contribution in [-0.4, -0.2) is 32.5 Å². The Bertz CT molecular complexity index is 917. The Hall–Kier alpha value is -2.38. The molecule has 2 rings (SSSR count). The quantitative estimate of drug-likeness (QED) is 0.364. The van der Waals surface area contributed by atoms with E-state index >= 15 is 0 Å². The van der Waals surface area contributed by atoms with Crippen LogP contribution in [0.2, 0.25) is 0 Å². The minimum atomic E-state index is -3.79. The number of Topliss-reactive ketones (excluding diaryl/α,β-unsaturated/α-hetero) is 1. The molecule has 0 atom stereocenters. The SMILES string of the molecule is CCCc1c(OCCCOS(=O)(=O)c2ccc(C)cc2)ccc(C(C)=O)c1O. The van der Waals surface area contributed by atoms with Gasteiger partial charge in [0.1, 0.15) is 11.5 Å². The lowest BCUT2D eigenvalue weighted by Crippen LogP contribution is -2.10. The summed E-state index contributed by atoms with van der Waals surface area (Å²) in [5.74, 6) is 0.229. The predicted octanol–water partition coefficient (Wildman–Crippen LogP) is 4.03. The second kappa shape index (κ2) is 9.71. The summed E-state index contributed by atoms with van der Waals surface area (Å²) in [6, 6.07) is 9.64. The highest BCUT2D eigenvalue weighted by Crippen LogP contribution is 2.33. The van der Waals surface area contributed by atoms with Gasteiger partial charge >= 0.3 is 0 Å². The number of ketones is 1. The molecule has 0 aliphatic heterocycles. The molecule has 0 unspecified atom stereocenters. The van der Waals surface area contributed by atoms with Crippen LogP contribution < -0.4 is 4.74 Å². The van der Waals surface area contributed by atoms with Gasteiger partial charge in [0.15, 0.2) is 5.78 Å². The Labute approximate surface area is 166 Å². The molecule has 7 heteroatoms. The first-order valence-corrected chi connectivity index (χ1v) is 10.6. The summed E-state index contributed by atoms with van der Waals surface area (Å²) < 4.78 is 35.0. The highest BCUT2D eigenvalue weighted by molar-refractivity contribution is 7.86. The normalized spacial score (nSPS) is 11.4. The number of benzene rings is 2. The van der Waals surface area contributed by atoms with Crippen LogP contribution in [0.25, 0.3) is 0 Å². The summed E-state index contributed by atoms with van der Waals surface area (Å²) in [5, 5.41) is 10.3. The Kier molecular flexibility index (Phi) is 7.60. The maximum absolute atomic E-state index is 12.1. The van der Waals surface area contributed by atoms with Crippen molar-refractivity contribution in [1.82, 2.24) is 0 Å². The lowest BCUT2D eigenvalue weighted by molar-refractivity contribution is 0.101. The molecule has 28 heavy (non-hydrogen) atoms. The number of ether oxygens (including phenoxy) is 1. The zero-order valence-electron chi connectivity index (χ0n) is 16.4. The van der Waals surface area contributed by atoms with Crippen molar-refractivity contribution in [1.29, 1.82) is 0 Å². The van der Waals surface area contributed by atoms with Crippen LogP contribution in [-0.2, 0) is 20.7 Å². The third kappa shape index (κ3) is 5.56. The van der Waals surface area contributed by atoms with E-state index < -0.39 is 10.1 Å². The number of hydrogen-bond donors (Lipinski definition) is 1. The minimum absolute atomic E-state index is 0.0170. The summed E-state index contributed by atoms with van der Waals surface area (Å²) in [4.78, 5) is 11.7. The van der Waals surface area contributed by atoms with Crippen molar-refractivity contribution < 1.29 is 27.2 Å². The fraction of sp³-hybridized carbons (Fsp3) is 0.381. The van der Waals surface area contributed by atoms with Gasteiger partial charge in [0.2, 0.25) is 0 Å². The van der Waals surface area contributed by atoms with Gasteiger partial charge in [0.05, 0.1) is 23.7 Å². The first kappa shape index (κ1) is 21.9. The molecule has 152 valence electrons. The number of carbonyl (C=O) groups is 1. The van der Waals surface area contributed by atoms with Gasteiger partial charge in [-0.1, -0.05) is 31.0 Å². The third-order valence-electron chi connectivity index (χ3n) is 4.21. The van der Waals surface area contributed by atoms with Crippen molar-refractivity contribution in [3.05, 3.63) is 53.1 Å². The van der Waals surface area contributed by atoms with Crippen LogP contribution >= 0.6 is 0 Å². The molecule has 2 aromatic rings. The third-order valence-corrected chi connectivity index (χ3v) is 5.54. The number of phenols is 1. The van der Waals surface area contributed by atoms with Crippen LogP contribution in [0.1, 0.15) is 48.2 Å². The summed E-state index contributed by atoms with van der Waals surface area (Å²) in [6.07, 6.45) is 1.70. The van der Waals surface area contributed by atoms with E-state index in [4.69, 9.17) is 8.92 Å². The van der Waals surface area contributed by atoms with E-state index in [0.717, 1.165) is 12.0 Å². The van der Waals surface area contributed by atoms with Gasteiger partial charge in [-0.2, -0.15) is 8.42 Å². The average Bonchev–Trinajstić information content (AvgIpc) is 2.64. The van der Waals surface area contributed by atoms with Crippen molar-refractivity contribution in [3.8, 4) is 11.5 Å². The van der Waals surface area contributed by atoms with Gasteiger partial charge < -0.3 is 9.84 Å². The van der Waals surface area contributed by atoms with Crippen molar-refractivity contribution in [2.45, 2.75) is 44.9 Å². The Balaban J connectivity index is 1.93. The van der Waals surface area contributed by atoms with Crippen molar-refractivity contribution in [2.75, 3.05) is 13.2 Å². The highest BCUT2D eigenvalue weighted by atomic mass is 32.2. The smallest absolute Gasteiger partial charge is 0.296 e. The number of aromatic hydroxyl groups is 1. The molecule has 0 spiro atoms. The lowest BCUT2D eigenvalue weighted by atomic mass is 10.0. The average molecular weight is 407 g/mol. The maximum atomic E-state index is 12.1. The van der Waals surface area contributed by atoms with Gasteiger partial charge in [-0.25, -0.2) is 0 Å². The monoisotopic (exact) mass is 406 g/mol. The van der Waals surface area contributed by atoms with Gasteiger partial charge in [-0.05, 0) is 44.5 Å². The lowest BCUT2D eigenvalue weighted by Gasteiger charge is -2.14. The van der Waals surface area contributed by atoms with E-state index in [1.807, 2.05) is 13.8 Å². The molecule has 2 aromatic carbocycles. The summed E-state index contributed by atoms with van der Waals surface area (Å²) in [7, 11) is -3.79. The van der Waals surface area contributed by atoms with Crippen LogP contribution in [0.15, 0.2) is 41.3 Å². The number of aryl methyl sites for hydroxylation is 1. The molecule has 0 saturated heterocycles. The molecule has 1 N–H and O–H groups in total. The topological polar surface area (TPSA) is 89.9 Å². The van der Waals surface area contributed by atoms with E-state index in [9.17, 15) is 18.3 Å². The van der Waals surface area contributed by atoms with E-state index in [0.29, 0.717) is 24.2 Å². The van der Waals surface area contributed by atoms with Crippen LogP contribution in [0.4, 0.5) is 0 Å². The Morgan fingerprint density at radius 3 is 2.36 bits per heavy atom. The molecule has 0 amide bonds. The molecule has 0 radical (unpaired) electrons. The Morgan fingerprint density at radius 1 is 1.07 bits per heavy atom. The predicted molar refractivity (Wildman–Crippen MR) is 107 cm³/mol. The van der Waals surface area contributed by atoms with Crippen LogP contribution in [0.3, 0.4) is 0 Å². The fourth-order valence-corrected chi connectivity index (χ4v) is 3.65. The maximum Gasteiger partial charge on any atom is 0.296 e. The van der Waals surface area contributed by atoms with Gasteiger partial charge in [0, 0.05) is 12.0 Å². The molecule has 0 aromatic heterocycles. The number of hydrogen-bond acceptors (Lipinski definition) is 6. The number of rotatable bonds is 10. The molecule has 0 aliphatic rings. The van der Waals surface area contributed by atoms with E-state index in [-0.39, 0.29) is 35.2 Å². The first-order valence-electron chi connectivity index (χ1n) is 9.21. The molecular formula is C21H26O6S. The molecule has 6 nitrogen and oxygen atoms in total. The van der Waals surface area contributed by atoms with E-state index in [2.05, 4.69) is 0 Å². The molecule has 0 bridgehead atoms. The fourth-order valence-electron chi connectivity index (χ4n) is 2.71. The first-order chi connectivity index (χ1) is 13.3. The van der Waals surface area contributed by atoms with Gasteiger partial charge in [-0.3, -0.25) is 8.98 Å². The highest BCUT2D eigenvalue weighted by Gasteiger charge is 2.17. The second-order valence-electron chi connectivity index (χ2n) is 6.54. The molecular weight excluding hydrogens is 380 g/mol. The van der Waals surface area contributed by atoms with Crippen molar-refractivity contribution in [2.24, 2.45) is 0 Å². The Morgan fingerprint density at radius 2 is 1.75 bits per heavy atom. The van der Waals surface area contributed by atoms with Crippen molar-refractivity contribution >= 4 is 15.9 Å². The summed E-state index contributed by atoms with van der Waals surface area (Å²) in [5.41, 5.74) is 1.82. The molecule has 0 saturated carbocycles. The van der Waals surface area contributed by atoms with Crippen LogP contribution in [0.5, 0.6) is 11.5 Å².